The van der Waals surface area contributed by atoms with Crippen molar-refractivity contribution in [2.75, 3.05) is 0 Å². The monoisotopic (exact) mass is 167 g/mol. The number of nitrogens with one attached hydrogen (secondary N) is 1. The van der Waals surface area contributed by atoms with Crippen LogP contribution in [-0.2, 0) is 4.79 Å². The first kappa shape index (κ1) is 12.0. The van der Waals surface area contributed by atoms with Gasteiger partial charge in [-0.25, -0.2) is 0 Å². The first-order valence-electron chi connectivity index (χ1n) is 3.69. The van der Waals surface area contributed by atoms with Gasteiger partial charge in [0.05, 0.1) is 5.91 Å². The molecule has 1 rings (SSSR count). The average molecular weight is 167 g/mol. The number of rotatable bonds is 2. The van der Waals surface area contributed by atoms with Gasteiger partial charge in [0.2, 0.25) is 0 Å². The van der Waals surface area contributed by atoms with Crippen molar-refractivity contribution in [1.29, 1.82) is 0 Å². The Morgan fingerprint density at radius 3 is 2.31 bits per heavy atom. The molecule has 0 unspecified atom stereocenters. The second kappa shape index (κ2) is 5.64. The zero-order valence-corrected chi connectivity index (χ0v) is 7.87. The summed E-state index contributed by atoms with van der Waals surface area (Å²) in [5.74, 6) is -0.626. The third-order valence-electron chi connectivity index (χ3n) is 1.54. The summed E-state index contributed by atoms with van der Waals surface area (Å²) in [6, 6.07) is 9.50. The van der Waals surface area contributed by atoms with Crippen LogP contribution in [0.3, 0.4) is 0 Å². The zero-order valence-electron chi connectivity index (χ0n) is 7.87. The number of benzene rings is 1. The van der Waals surface area contributed by atoms with Crippen LogP contribution in [0.15, 0.2) is 35.9 Å². The zero-order chi connectivity index (χ0) is 8.97. The van der Waals surface area contributed by atoms with Crippen molar-refractivity contribution in [3.63, 3.8) is 0 Å². The maximum Gasteiger partial charge on any atom is 1.00 e. The summed E-state index contributed by atoms with van der Waals surface area (Å²) in [4.78, 5) is 10.5. The molecule has 0 bridgehead atoms. The van der Waals surface area contributed by atoms with Crippen molar-refractivity contribution in [2.24, 2.45) is 0 Å². The predicted molar refractivity (Wildman–Crippen MR) is 49.4 cm³/mol. The van der Waals surface area contributed by atoms with Crippen LogP contribution in [0.25, 0.3) is 11.8 Å². The van der Waals surface area contributed by atoms with Crippen LogP contribution in [0.4, 0.5) is 0 Å². The Morgan fingerprint density at radius 2 is 1.85 bits per heavy atom. The van der Waals surface area contributed by atoms with Gasteiger partial charge >= 0.3 is 18.9 Å². The van der Waals surface area contributed by atoms with Crippen LogP contribution in [-0.4, -0.2) is 5.91 Å². The maximum absolute atomic E-state index is 10.5. The van der Waals surface area contributed by atoms with Gasteiger partial charge in [-0.1, -0.05) is 36.4 Å². The first-order valence-corrected chi connectivity index (χ1v) is 3.69. The summed E-state index contributed by atoms with van der Waals surface area (Å²) in [6.07, 6.45) is 1.70. The molecule has 1 amide bonds. The summed E-state index contributed by atoms with van der Waals surface area (Å²) >= 11 is 0. The van der Waals surface area contributed by atoms with Crippen LogP contribution in [0, 0.1) is 0 Å². The standard InChI is InChI=1S/C10H11NO.Li/c1-8(10(11)12)7-9-5-3-2-4-6-9;/h2-7H,1H3,(H2,11,12);/q;+1/p-1. The van der Waals surface area contributed by atoms with Crippen LogP contribution in [0.5, 0.6) is 0 Å². The smallest absolute Gasteiger partial charge is 0.664 e. The van der Waals surface area contributed by atoms with E-state index in [1.54, 1.807) is 13.0 Å². The van der Waals surface area contributed by atoms with E-state index >= 15 is 0 Å². The topological polar surface area (TPSA) is 40.9 Å². The van der Waals surface area contributed by atoms with Gasteiger partial charge in [0.15, 0.2) is 0 Å². The van der Waals surface area contributed by atoms with E-state index in [4.69, 9.17) is 5.73 Å². The second-order valence-corrected chi connectivity index (χ2v) is 2.57. The molecular formula is C10H10LiNO. The van der Waals surface area contributed by atoms with Crippen molar-refractivity contribution in [1.82, 2.24) is 0 Å². The number of hydrogen-bond donors (Lipinski definition) is 0. The fraction of sp³-hybridized carbons (Fsp3) is 0.100. The summed E-state index contributed by atoms with van der Waals surface area (Å²) in [5, 5.41) is 0. The van der Waals surface area contributed by atoms with Gasteiger partial charge in [-0.15, -0.1) is 0 Å². The molecule has 0 heterocycles. The van der Waals surface area contributed by atoms with Gasteiger partial charge in [0.25, 0.3) is 0 Å². The Kier molecular flexibility index (Phi) is 5.21. The van der Waals surface area contributed by atoms with Crippen LogP contribution in [0.1, 0.15) is 12.5 Å². The normalized spacial score (nSPS) is 10.4. The molecule has 0 atom stereocenters. The first-order chi connectivity index (χ1) is 5.70. The van der Waals surface area contributed by atoms with E-state index in [1.165, 1.54) is 0 Å². The molecule has 0 aromatic heterocycles. The molecule has 0 saturated heterocycles. The third-order valence-corrected chi connectivity index (χ3v) is 1.54. The minimum Gasteiger partial charge on any atom is -0.664 e. The van der Waals surface area contributed by atoms with E-state index in [2.05, 4.69) is 0 Å². The molecule has 1 N–H and O–H groups in total. The molecule has 0 spiro atoms. The number of amides is 1. The molecule has 62 valence electrons. The molecule has 0 fully saturated rings. The fourth-order valence-corrected chi connectivity index (χ4v) is 0.865. The molecule has 1 aromatic rings. The Morgan fingerprint density at radius 1 is 1.31 bits per heavy atom. The minimum absolute atomic E-state index is 0. The Bertz CT molecular complexity index is 306. The van der Waals surface area contributed by atoms with Gasteiger partial charge in [-0.3, -0.25) is 0 Å². The van der Waals surface area contributed by atoms with Gasteiger partial charge in [0, 0.05) is 0 Å². The molecule has 2 nitrogen and oxygen atoms in total. The summed E-state index contributed by atoms with van der Waals surface area (Å²) < 4.78 is 0. The van der Waals surface area contributed by atoms with E-state index < -0.39 is 5.91 Å². The Balaban J connectivity index is 0.00000144. The van der Waals surface area contributed by atoms with Crippen molar-refractivity contribution in [3.8, 4) is 0 Å². The molecule has 3 heteroatoms. The third kappa shape index (κ3) is 3.98. The molecule has 0 saturated carbocycles. The van der Waals surface area contributed by atoms with Gasteiger partial charge in [-0.05, 0) is 18.1 Å². The quantitative estimate of drug-likeness (QED) is 0.439. The second-order valence-electron chi connectivity index (χ2n) is 2.57. The molecule has 0 radical (unpaired) electrons. The molecule has 0 aliphatic rings. The van der Waals surface area contributed by atoms with E-state index in [9.17, 15) is 4.79 Å². The van der Waals surface area contributed by atoms with Gasteiger partial charge < -0.3 is 10.5 Å². The summed E-state index contributed by atoms with van der Waals surface area (Å²) in [7, 11) is 0. The molecular weight excluding hydrogens is 157 g/mol. The van der Waals surface area contributed by atoms with E-state index in [1.807, 2.05) is 30.3 Å². The summed E-state index contributed by atoms with van der Waals surface area (Å²) in [6.45, 7) is 1.64. The van der Waals surface area contributed by atoms with E-state index in [0.29, 0.717) is 5.57 Å². The SMILES string of the molecule is CC(=Cc1ccccc1)C([NH-])=O.[Li+]. The van der Waals surface area contributed by atoms with Crippen molar-refractivity contribution in [2.45, 2.75) is 6.92 Å². The van der Waals surface area contributed by atoms with Gasteiger partial charge in [0.1, 0.15) is 0 Å². The average Bonchev–Trinajstić information content (AvgIpc) is 2.06. The van der Waals surface area contributed by atoms with Crippen LogP contribution < -0.4 is 18.9 Å². The van der Waals surface area contributed by atoms with E-state index in [-0.39, 0.29) is 18.9 Å². The largest absolute Gasteiger partial charge is 1.00 e. The minimum atomic E-state index is -0.626. The fourth-order valence-electron chi connectivity index (χ4n) is 0.865. The number of hydrogen-bond acceptors (Lipinski definition) is 1. The molecule has 1 aromatic carbocycles. The molecule has 13 heavy (non-hydrogen) atoms. The number of carbonyl (C=O) groups excluding carboxylic acids is 1. The van der Waals surface area contributed by atoms with Gasteiger partial charge in [-0.2, -0.15) is 0 Å². The summed E-state index contributed by atoms with van der Waals surface area (Å²) in [5.41, 5.74) is 8.24. The predicted octanol–water partition coefficient (Wildman–Crippen LogP) is -0.327. The maximum atomic E-state index is 10.5. The van der Waals surface area contributed by atoms with E-state index in [0.717, 1.165) is 5.56 Å². The van der Waals surface area contributed by atoms with Crippen molar-refractivity contribution >= 4 is 12.0 Å². The van der Waals surface area contributed by atoms with Crippen molar-refractivity contribution < 1.29 is 23.7 Å². The molecule has 0 aliphatic carbocycles. The van der Waals surface area contributed by atoms with Crippen LogP contribution in [0.2, 0.25) is 0 Å². The number of carbonyl (C=O) groups is 1. The van der Waals surface area contributed by atoms with Crippen LogP contribution >= 0.6 is 0 Å². The van der Waals surface area contributed by atoms with Crippen molar-refractivity contribution in [3.05, 3.63) is 47.2 Å². The molecule has 0 aliphatic heterocycles. The Hall–Kier alpha value is -0.973. The Labute approximate surface area is 90.0 Å².